The molecule has 1 heterocycles. The largest absolute Gasteiger partial charge is 0.508 e. The molecule has 3 rings (SSSR count). The molecule has 1 aromatic heterocycles. The molecule has 1 atom stereocenters. The van der Waals surface area contributed by atoms with Gasteiger partial charge in [-0.15, -0.1) is 0 Å². The molecule has 6 nitrogen and oxygen atoms in total. The maximum absolute atomic E-state index is 12.6. The van der Waals surface area contributed by atoms with Crippen LogP contribution in [0.5, 0.6) is 17.2 Å². The van der Waals surface area contributed by atoms with Gasteiger partial charge in [0, 0.05) is 12.1 Å². The van der Waals surface area contributed by atoms with Crippen molar-refractivity contribution >= 4 is 21.9 Å². The van der Waals surface area contributed by atoms with Crippen molar-refractivity contribution in [3.05, 3.63) is 64.4 Å². The summed E-state index contributed by atoms with van der Waals surface area (Å²) in [6.07, 6.45) is 2.69. The van der Waals surface area contributed by atoms with Gasteiger partial charge in [-0.05, 0) is 51.0 Å². The molecule has 3 N–H and O–H groups in total. The summed E-state index contributed by atoms with van der Waals surface area (Å²) in [5, 5.41) is 29.9. The van der Waals surface area contributed by atoms with E-state index in [1.54, 1.807) is 13.0 Å². The number of phenolic OH excluding ortho intramolecular Hbond substituents is 2. The molecular weight excluding hydrogens is 372 g/mol. The number of benzene rings is 2. The van der Waals surface area contributed by atoms with Crippen molar-refractivity contribution in [1.82, 2.24) is 0 Å². The minimum absolute atomic E-state index is 0.0379. The minimum atomic E-state index is -0.517. The van der Waals surface area contributed by atoms with E-state index in [1.165, 1.54) is 24.3 Å². The highest BCUT2D eigenvalue weighted by Gasteiger charge is 2.14. The second-order valence-corrected chi connectivity index (χ2v) is 7.19. The number of hydrogen-bond donors (Lipinski definition) is 3. The third-order valence-corrected chi connectivity index (χ3v) is 4.77. The standard InChI is InChI=1S/C23H24O6/c1-13(2)18(25)6-4-14(3)8-9-28-16-11-19(26)22-21(12-16)29-20-7-5-15(24)10-17(20)23(22)27/h5,7-8,10-12,18,24-26H,1,4,6,9H2,2-3H3/b14-8+. The molecule has 0 aliphatic carbocycles. The summed E-state index contributed by atoms with van der Waals surface area (Å²) in [5.74, 6) is 0.0607. The summed E-state index contributed by atoms with van der Waals surface area (Å²) in [7, 11) is 0. The summed E-state index contributed by atoms with van der Waals surface area (Å²) in [6.45, 7) is 7.75. The van der Waals surface area contributed by atoms with E-state index in [-0.39, 0.29) is 34.5 Å². The molecule has 0 saturated carbocycles. The normalized spacial score (nSPS) is 13.0. The Hall–Kier alpha value is -3.25. The zero-order valence-corrected chi connectivity index (χ0v) is 16.4. The topological polar surface area (TPSA) is 100 Å². The van der Waals surface area contributed by atoms with E-state index in [9.17, 15) is 20.1 Å². The van der Waals surface area contributed by atoms with Crippen molar-refractivity contribution in [2.45, 2.75) is 32.8 Å². The van der Waals surface area contributed by atoms with E-state index >= 15 is 0 Å². The first-order valence-corrected chi connectivity index (χ1v) is 9.30. The molecular formula is C23H24O6. The fourth-order valence-electron chi connectivity index (χ4n) is 3.00. The van der Waals surface area contributed by atoms with Crippen LogP contribution in [0, 0.1) is 0 Å². The Morgan fingerprint density at radius 2 is 1.97 bits per heavy atom. The predicted molar refractivity (Wildman–Crippen MR) is 113 cm³/mol. The average Bonchev–Trinajstić information content (AvgIpc) is 2.66. The zero-order valence-electron chi connectivity index (χ0n) is 16.4. The van der Waals surface area contributed by atoms with E-state index in [4.69, 9.17) is 9.15 Å². The van der Waals surface area contributed by atoms with E-state index in [0.29, 0.717) is 24.2 Å². The molecule has 0 spiro atoms. The Labute approximate surface area is 168 Å². The molecule has 0 aliphatic rings. The number of allylic oxidation sites excluding steroid dienone is 1. The highest BCUT2D eigenvalue weighted by atomic mass is 16.5. The molecule has 0 radical (unpaired) electrons. The van der Waals surface area contributed by atoms with Gasteiger partial charge in [-0.25, -0.2) is 0 Å². The first kappa shape index (κ1) is 20.5. The Bertz CT molecular complexity index is 1160. The van der Waals surface area contributed by atoms with Gasteiger partial charge in [-0.1, -0.05) is 17.7 Å². The first-order valence-electron chi connectivity index (χ1n) is 9.30. The van der Waals surface area contributed by atoms with Crippen LogP contribution in [-0.2, 0) is 0 Å². The van der Waals surface area contributed by atoms with E-state index in [1.807, 2.05) is 13.0 Å². The van der Waals surface area contributed by atoms with Gasteiger partial charge in [0.2, 0.25) is 5.43 Å². The molecule has 2 aromatic carbocycles. The van der Waals surface area contributed by atoms with Crippen molar-refractivity contribution in [2.75, 3.05) is 6.61 Å². The second kappa shape index (κ2) is 8.41. The number of rotatable bonds is 7. The number of hydrogen-bond acceptors (Lipinski definition) is 6. The van der Waals surface area contributed by atoms with Gasteiger partial charge >= 0.3 is 0 Å². The van der Waals surface area contributed by atoms with Crippen molar-refractivity contribution in [3.8, 4) is 17.2 Å². The van der Waals surface area contributed by atoms with Crippen LogP contribution in [0.1, 0.15) is 26.7 Å². The van der Waals surface area contributed by atoms with Crippen LogP contribution in [-0.4, -0.2) is 28.0 Å². The molecule has 0 amide bonds. The van der Waals surface area contributed by atoms with Gasteiger partial charge in [0.25, 0.3) is 0 Å². The van der Waals surface area contributed by atoms with Crippen molar-refractivity contribution in [3.63, 3.8) is 0 Å². The highest BCUT2D eigenvalue weighted by molar-refractivity contribution is 5.94. The van der Waals surface area contributed by atoms with Crippen molar-refractivity contribution in [2.24, 2.45) is 0 Å². The maximum Gasteiger partial charge on any atom is 0.204 e. The van der Waals surface area contributed by atoms with E-state index in [2.05, 4.69) is 6.58 Å². The summed E-state index contributed by atoms with van der Waals surface area (Å²) in [6, 6.07) is 7.15. The Morgan fingerprint density at radius 3 is 2.69 bits per heavy atom. The van der Waals surface area contributed by atoms with Crippen LogP contribution >= 0.6 is 0 Å². The molecule has 6 heteroatoms. The lowest BCUT2D eigenvalue weighted by Crippen LogP contribution is -2.07. The molecule has 29 heavy (non-hydrogen) atoms. The quantitative estimate of drug-likeness (QED) is 0.404. The fraction of sp³-hybridized carbons (Fsp3) is 0.261. The lowest BCUT2D eigenvalue weighted by molar-refractivity contribution is 0.201. The van der Waals surface area contributed by atoms with Crippen molar-refractivity contribution < 1.29 is 24.5 Å². The van der Waals surface area contributed by atoms with Gasteiger partial charge < -0.3 is 24.5 Å². The van der Waals surface area contributed by atoms with Gasteiger partial charge in [0.15, 0.2) is 0 Å². The minimum Gasteiger partial charge on any atom is -0.508 e. The summed E-state index contributed by atoms with van der Waals surface area (Å²) >= 11 is 0. The third kappa shape index (κ3) is 4.60. The molecule has 3 aromatic rings. The lowest BCUT2D eigenvalue weighted by atomic mass is 10.0. The summed E-state index contributed by atoms with van der Waals surface area (Å²) < 4.78 is 11.4. The van der Waals surface area contributed by atoms with Crippen LogP contribution in [0.3, 0.4) is 0 Å². The Balaban J connectivity index is 1.80. The summed E-state index contributed by atoms with van der Waals surface area (Å²) in [4.78, 5) is 12.6. The number of ether oxygens (including phenoxy) is 1. The molecule has 0 bridgehead atoms. The van der Waals surface area contributed by atoms with Crippen LogP contribution < -0.4 is 10.2 Å². The van der Waals surface area contributed by atoms with E-state index in [0.717, 1.165) is 11.1 Å². The van der Waals surface area contributed by atoms with E-state index < -0.39 is 11.5 Å². The lowest BCUT2D eigenvalue weighted by Gasteiger charge is -2.10. The molecule has 152 valence electrons. The maximum atomic E-state index is 12.6. The predicted octanol–water partition coefficient (Wildman–Crippen LogP) is 4.40. The molecule has 0 fully saturated rings. The SMILES string of the molecule is C=C(C)C(O)CC/C(C)=C/COc1cc(O)c2c(=O)c3cc(O)ccc3oc2c1. The van der Waals surface area contributed by atoms with Crippen molar-refractivity contribution in [1.29, 1.82) is 0 Å². The monoisotopic (exact) mass is 396 g/mol. The van der Waals surface area contributed by atoms with Crippen LogP contribution in [0.25, 0.3) is 21.9 Å². The fourth-order valence-corrected chi connectivity index (χ4v) is 3.00. The van der Waals surface area contributed by atoms with Crippen LogP contribution in [0.2, 0.25) is 0 Å². The van der Waals surface area contributed by atoms with Gasteiger partial charge in [-0.2, -0.15) is 0 Å². The third-order valence-electron chi connectivity index (χ3n) is 4.77. The van der Waals surface area contributed by atoms with Gasteiger partial charge in [0.05, 0.1) is 11.5 Å². The summed E-state index contributed by atoms with van der Waals surface area (Å²) in [5.41, 5.74) is 1.89. The number of fused-ring (bicyclic) bond motifs is 2. The molecule has 0 saturated heterocycles. The number of aliphatic hydroxyl groups excluding tert-OH is 1. The number of aliphatic hydroxyl groups is 1. The van der Waals surface area contributed by atoms with Gasteiger partial charge in [-0.3, -0.25) is 4.79 Å². The number of aromatic hydroxyl groups is 2. The van der Waals surface area contributed by atoms with Crippen LogP contribution in [0.4, 0.5) is 0 Å². The molecule has 0 aliphatic heterocycles. The first-order chi connectivity index (χ1) is 13.8. The smallest absolute Gasteiger partial charge is 0.204 e. The second-order valence-electron chi connectivity index (χ2n) is 7.19. The Kier molecular flexibility index (Phi) is 5.94. The highest BCUT2D eigenvalue weighted by Crippen LogP contribution is 2.31. The van der Waals surface area contributed by atoms with Crippen LogP contribution in [0.15, 0.2) is 63.3 Å². The Morgan fingerprint density at radius 1 is 1.21 bits per heavy atom. The van der Waals surface area contributed by atoms with Gasteiger partial charge in [0.1, 0.15) is 40.4 Å². The average molecular weight is 396 g/mol. The molecule has 1 unspecified atom stereocenters. The number of phenols is 2. The zero-order chi connectivity index (χ0) is 21.1.